The second-order valence-corrected chi connectivity index (χ2v) is 4.49. The quantitative estimate of drug-likeness (QED) is 0.725. The number of nitrogens with two attached hydrogens (primary N) is 1. The lowest BCUT2D eigenvalue weighted by atomic mass is 10.1. The van der Waals surface area contributed by atoms with Crippen molar-refractivity contribution in [2.24, 2.45) is 5.73 Å². The third-order valence-electron chi connectivity index (χ3n) is 2.62. The standard InChI is InChI=1S/C11H24N2O2/c1-9(2)14-6-4-13-5-7-15-11(8-13)10(3)12/h9-11H,4-8,12H2,1-3H3. The average Bonchev–Trinajstić information content (AvgIpc) is 2.17. The van der Waals surface area contributed by atoms with Crippen LogP contribution in [0.5, 0.6) is 0 Å². The number of rotatable bonds is 5. The lowest BCUT2D eigenvalue weighted by Gasteiger charge is -2.34. The molecule has 0 radical (unpaired) electrons. The summed E-state index contributed by atoms with van der Waals surface area (Å²) in [6, 6.07) is 0.110. The van der Waals surface area contributed by atoms with Crippen molar-refractivity contribution < 1.29 is 9.47 Å². The molecule has 2 unspecified atom stereocenters. The summed E-state index contributed by atoms with van der Waals surface area (Å²) < 4.78 is 11.1. The summed E-state index contributed by atoms with van der Waals surface area (Å²) in [6.07, 6.45) is 0.494. The van der Waals surface area contributed by atoms with E-state index in [1.165, 1.54) is 0 Å². The minimum absolute atomic E-state index is 0.110. The zero-order chi connectivity index (χ0) is 11.3. The first-order valence-electron chi connectivity index (χ1n) is 5.80. The van der Waals surface area contributed by atoms with Gasteiger partial charge in [-0.05, 0) is 20.8 Å². The van der Waals surface area contributed by atoms with E-state index in [1.807, 2.05) is 6.92 Å². The first kappa shape index (κ1) is 12.9. The maximum atomic E-state index is 5.82. The van der Waals surface area contributed by atoms with Crippen LogP contribution in [-0.4, -0.2) is 56.0 Å². The average molecular weight is 216 g/mol. The van der Waals surface area contributed by atoms with Gasteiger partial charge >= 0.3 is 0 Å². The first-order valence-corrected chi connectivity index (χ1v) is 5.80. The van der Waals surface area contributed by atoms with Crippen LogP contribution in [0.4, 0.5) is 0 Å². The van der Waals surface area contributed by atoms with Gasteiger partial charge in [0.2, 0.25) is 0 Å². The van der Waals surface area contributed by atoms with Crippen LogP contribution in [-0.2, 0) is 9.47 Å². The zero-order valence-electron chi connectivity index (χ0n) is 10.1. The molecule has 1 aliphatic heterocycles. The van der Waals surface area contributed by atoms with Crippen molar-refractivity contribution in [3.05, 3.63) is 0 Å². The Morgan fingerprint density at radius 1 is 1.47 bits per heavy atom. The number of morpholine rings is 1. The molecule has 0 aromatic carbocycles. The van der Waals surface area contributed by atoms with Crippen molar-refractivity contribution in [2.75, 3.05) is 32.8 Å². The number of hydrogen-bond acceptors (Lipinski definition) is 4. The molecule has 2 N–H and O–H groups in total. The van der Waals surface area contributed by atoms with Crippen molar-refractivity contribution in [1.29, 1.82) is 0 Å². The molecule has 1 saturated heterocycles. The van der Waals surface area contributed by atoms with Gasteiger partial charge in [-0.3, -0.25) is 4.90 Å². The molecule has 0 bridgehead atoms. The Balaban J connectivity index is 2.18. The summed E-state index contributed by atoms with van der Waals surface area (Å²) in [4.78, 5) is 2.36. The van der Waals surface area contributed by atoms with Crippen LogP contribution in [0, 0.1) is 0 Å². The maximum absolute atomic E-state index is 5.82. The Morgan fingerprint density at radius 2 is 2.20 bits per heavy atom. The highest BCUT2D eigenvalue weighted by molar-refractivity contribution is 4.77. The fraction of sp³-hybridized carbons (Fsp3) is 1.00. The Kier molecular flexibility index (Phi) is 5.53. The number of ether oxygens (including phenoxy) is 2. The van der Waals surface area contributed by atoms with Gasteiger partial charge in [-0.1, -0.05) is 0 Å². The molecule has 0 saturated carbocycles. The molecule has 0 amide bonds. The second kappa shape index (κ2) is 6.43. The Morgan fingerprint density at radius 3 is 2.80 bits per heavy atom. The molecular weight excluding hydrogens is 192 g/mol. The highest BCUT2D eigenvalue weighted by Crippen LogP contribution is 2.07. The molecule has 15 heavy (non-hydrogen) atoms. The fourth-order valence-electron chi connectivity index (χ4n) is 1.67. The summed E-state index contributed by atoms with van der Waals surface area (Å²) in [6.45, 7) is 10.6. The molecule has 1 heterocycles. The van der Waals surface area contributed by atoms with Gasteiger partial charge in [0.15, 0.2) is 0 Å². The smallest absolute Gasteiger partial charge is 0.0850 e. The summed E-state index contributed by atoms with van der Waals surface area (Å²) in [5.41, 5.74) is 5.82. The van der Waals surface area contributed by atoms with Crippen molar-refractivity contribution >= 4 is 0 Å². The van der Waals surface area contributed by atoms with Crippen molar-refractivity contribution in [3.63, 3.8) is 0 Å². The van der Waals surface area contributed by atoms with Crippen molar-refractivity contribution in [1.82, 2.24) is 4.90 Å². The lowest BCUT2D eigenvalue weighted by Crippen LogP contribution is -2.50. The molecule has 0 aliphatic carbocycles. The molecule has 4 nitrogen and oxygen atoms in total. The van der Waals surface area contributed by atoms with Crippen LogP contribution in [0.1, 0.15) is 20.8 Å². The van der Waals surface area contributed by atoms with Crippen LogP contribution in [0.15, 0.2) is 0 Å². The molecular formula is C11H24N2O2. The van der Waals surface area contributed by atoms with Gasteiger partial charge in [0.1, 0.15) is 0 Å². The molecule has 0 aromatic heterocycles. The van der Waals surface area contributed by atoms with Gasteiger partial charge < -0.3 is 15.2 Å². The molecule has 0 aromatic rings. The summed E-state index contributed by atoms with van der Waals surface area (Å²) in [5.74, 6) is 0. The molecule has 90 valence electrons. The SMILES string of the molecule is CC(C)OCCN1CCOC(C(C)N)C1. The van der Waals surface area contributed by atoms with E-state index in [0.717, 1.165) is 32.8 Å². The second-order valence-electron chi connectivity index (χ2n) is 4.49. The van der Waals surface area contributed by atoms with Gasteiger partial charge in [-0.2, -0.15) is 0 Å². The monoisotopic (exact) mass is 216 g/mol. The Hall–Kier alpha value is -0.160. The lowest BCUT2D eigenvalue weighted by molar-refractivity contribution is -0.0474. The Labute approximate surface area is 92.7 Å². The van der Waals surface area contributed by atoms with Crippen LogP contribution < -0.4 is 5.73 Å². The number of hydrogen-bond donors (Lipinski definition) is 1. The Bertz CT molecular complexity index is 174. The maximum Gasteiger partial charge on any atom is 0.0850 e. The third kappa shape index (κ3) is 4.93. The van der Waals surface area contributed by atoms with Gasteiger partial charge in [0.25, 0.3) is 0 Å². The highest BCUT2D eigenvalue weighted by Gasteiger charge is 2.22. The minimum atomic E-state index is 0.110. The van der Waals surface area contributed by atoms with Gasteiger partial charge in [0.05, 0.1) is 25.4 Å². The minimum Gasteiger partial charge on any atom is -0.377 e. The molecule has 1 aliphatic rings. The van der Waals surface area contributed by atoms with E-state index in [9.17, 15) is 0 Å². The molecule has 1 fully saturated rings. The van der Waals surface area contributed by atoms with Crippen LogP contribution in [0.25, 0.3) is 0 Å². The molecule has 2 atom stereocenters. The fourth-order valence-corrected chi connectivity index (χ4v) is 1.67. The van der Waals surface area contributed by atoms with Crippen LogP contribution in [0.3, 0.4) is 0 Å². The summed E-state index contributed by atoms with van der Waals surface area (Å²) in [7, 11) is 0. The van der Waals surface area contributed by atoms with Crippen LogP contribution >= 0.6 is 0 Å². The van der Waals surface area contributed by atoms with Gasteiger partial charge in [-0.25, -0.2) is 0 Å². The van der Waals surface area contributed by atoms with E-state index in [1.54, 1.807) is 0 Å². The molecule has 1 rings (SSSR count). The van der Waals surface area contributed by atoms with E-state index in [4.69, 9.17) is 15.2 Å². The summed E-state index contributed by atoms with van der Waals surface area (Å²) >= 11 is 0. The first-order chi connectivity index (χ1) is 7.09. The van der Waals surface area contributed by atoms with E-state index in [0.29, 0.717) is 6.10 Å². The normalized spacial score (nSPS) is 25.8. The third-order valence-corrected chi connectivity index (χ3v) is 2.62. The molecule has 4 heteroatoms. The van der Waals surface area contributed by atoms with E-state index in [-0.39, 0.29) is 12.1 Å². The van der Waals surface area contributed by atoms with E-state index >= 15 is 0 Å². The topological polar surface area (TPSA) is 47.7 Å². The van der Waals surface area contributed by atoms with Crippen LogP contribution in [0.2, 0.25) is 0 Å². The van der Waals surface area contributed by atoms with Gasteiger partial charge in [-0.15, -0.1) is 0 Å². The highest BCUT2D eigenvalue weighted by atomic mass is 16.5. The van der Waals surface area contributed by atoms with Crippen molar-refractivity contribution in [3.8, 4) is 0 Å². The zero-order valence-corrected chi connectivity index (χ0v) is 10.1. The van der Waals surface area contributed by atoms with E-state index in [2.05, 4.69) is 18.7 Å². The predicted octanol–water partition coefficient (Wildman–Crippen LogP) is 0.459. The largest absolute Gasteiger partial charge is 0.377 e. The predicted molar refractivity (Wildman–Crippen MR) is 60.9 cm³/mol. The molecule has 0 spiro atoms. The number of nitrogens with zero attached hydrogens (tertiary/aromatic N) is 1. The van der Waals surface area contributed by atoms with E-state index < -0.39 is 0 Å². The summed E-state index contributed by atoms with van der Waals surface area (Å²) in [5, 5.41) is 0. The van der Waals surface area contributed by atoms with Gasteiger partial charge in [0, 0.05) is 25.7 Å². The van der Waals surface area contributed by atoms with Crippen molar-refractivity contribution in [2.45, 2.75) is 39.0 Å².